The zero-order chi connectivity index (χ0) is 15.3. The molecule has 1 atom stereocenters. The molecule has 114 valence electrons. The Hall–Kier alpha value is -1.58. The van der Waals surface area contributed by atoms with Crippen molar-refractivity contribution in [3.05, 3.63) is 29.8 Å². The first kappa shape index (κ1) is 15.8. The summed E-state index contributed by atoms with van der Waals surface area (Å²) in [6.07, 6.45) is 0.767. The molecule has 0 saturated carbocycles. The van der Waals surface area contributed by atoms with E-state index in [9.17, 15) is 8.42 Å². The van der Waals surface area contributed by atoms with Crippen LogP contribution in [-0.4, -0.2) is 51.6 Å². The van der Waals surface area contributed by atoms with Crippen LogP contribution in [0.5, 0.6) is 5.75 Å². The van der Waals surface area contributed by atoms with Gasteiger partial charge in [0.25, 0.3) is 0 Å². The number of sulfone groups is 1. The Balaban J connectivity index is 1.69. The fourth-order valence-electron chi connectivity index (χ4n) is 2.49. The number of hydrogen-bond acceptors (Lipinski definition) is 5. The van der Waals surface area contributed by atoms with E-state index in [4.69, 9.17) is 10.00 Å². The summed E-state index contributed by atoms with van der Waals surface area (Å²) in [6.45, 7) is 2.08. The highest BCUT2D eigenvalue weighted by molar-refractivity contribution is 7.91. The van der Waals surface area contributed by atoms with Crippen LogP contribution in [0, 0.1) is 17.2 Å². The molecule has 0 spiro atoms. The quantitative estimate of drug-likeness (QED) is 0.792. The Morgan fingerprint density at radius 2 is 2.10 bits per heavy atom. The number of nitriles is 1. The highest BCUT2D eigenvalue weighted by Gasteiger charge is 2.28. The third-order valence-electron chi connectivity index (χ3n) is 3.62. The number of hydrogen-bond donors (Lipinski definition) is 0. The van der Waals surface area contributed by atoms with Gasteiger partial charge >= 0.3 is 0 Å². The zero-order valence-corrected chi connectivity index (χ0v) is 13.0. The zero-order valence-electron chi connectivity index (χ0n) is 12.2. The summed E-state index contributed by atoms with van der Waals surface area (Å²) in [5.74, 6) is 1.63. The molecule has 21 heavy (non-hydrogen) atoms. The van der Waals surface area contributed by atoms with Crippen LogP contribution < -0.4 is 4.74 Å². The van der Waals surface area contributed by atoms with E-state index >= 15 is 0 Å². The SMILES string of the molecule is CN(CCOc1ccc(C#N)cc1)C[C@H]1CCS(=O)(=O)C1. The highest BCUT2D eigenvalue weighted by atomic mass is 32.2. The van der Waals surface area contributed by atoms with E-state index in [0.29, 0.717) is 23.7 Å². The van der Waals surface area contributed by atoms with Gasteiger partial charge in [0.05, 0.1) is 23.1 Å². The van der Waals surface area contributed by atoms with Gasteiger partial charge in [-0.05, 0) is 43.7 Å². The molecule has 2 rings (SSSR count). The standard InChI is InChI=1S/C15H20N2O3S/c1-17(11-14-6-9-21(18,19)12-14)7-8-20-15-4-2-13(10-16)3-5-15/h2-5,14H,6-9,11-12H2,1H3/t14-/m1/s1. The van der Waals surface area contributed by atoms with Gasteiger partial charge < -0.3 is 9.64 Å². The van der Waals surface area contributed by atoms with Crippen molar-refractivity contribution in [1.29, 1.82) is 5.26 Å². The lowest BCUT2D eigenvalue weighted by Gasteiger charge is -2.20. The molecule has 1 saturated heterocycles. The lowest BCUT2D eigenvalue weighted by Crippen LogP contribution is -2.30. The summed E-state index contributed by atoms with van der Waals surface area (Å²) in [5.41, 5.74) is 0.613. The maximum atomic E-state index is 11.4. The number of ether oxygens (including phenoxy) is 1. The number of rotatable bonds is 6. The minimum absolute atomic E-state index is 0.245. The fourth-order valence-corrected chi connectivity index (χ4v) is 4.34. The van der Waals surface area contributed by atoms with Crippen molar-refractivity contribution in [2.24, 2.45) is 5.92 Å². The molecule has 0 aliphatic carbocycles. The first-order valence-corrected chi connectivity index (χ1v) is 8.82. The summed E-state index contributed by atoms with van der Waals surface area (Å²) in [4.78, 5) is 2.11. The van der Waals surface area contributed by atoms with Crippen molar-refractivity contribution in [3.8, 4) is 11.8 Å². The highest BCUT2D eigenvalue weighted by Crippen LogP contribution is 2.19. The second-order valence-corrected chi connectivity index (χ2v) is 7.74. The Bertz CT molecular complexity index is 605. The van der Waals surface area contributed by atoms with E-state index in [1.54, 1.807) is 24.3 Å². The van der Waals surface area contributed by atoms with Crippen LogP contribution in [-0.2, 0) is 9.84 Å². The molecule has 1 aliphatic heterocycles. The topological polar surface area (TPSA) is 70.4 Å². The molecule has 1 heterocycles. The van der Waals surface area contributed by atoms with E-state index < -0.39 is 9.84 Å². The van der Waals surface area contributed by atoms with Gasteiger partial charge in [0.1, 0.15) is 12.4 Å². The lowest BCUT2D eigenvalue weighted by atomic mass is 10.1. The summed E-state index contributed by atoms with van der Waals surface area (Å²) in [7, 11) is -0.816. The molecule has 0 bridgehead atoms. The molecule has 6 heteroatoms. The van der Waals surface area contributed by atoms with Crippen molar-refractivity contribution in [3.63, 3.8) is 0 Å². The first-order valence-electron chi connectivity index (χ1n) is 7.00. The average molecular weight is 308 g/mol. The van der Waals surface area contributed by atoms with Gasteiger partial charge in [-0.25, -0.2) is 8.42 Å². The van der Waals surface area contributed by atoms with E-state index in [2.05, 4.69) is 11.0 Å². The maximum Gasteiger partial charge on any atom is 0.150 e. The lowest BCUT2D eigenvalue weighted by molar-refractivity contribution is 0.220. The Kier molecular flexibility index (Phi) is 5.21. The largest absolute Gasteiger partial charge is 0.492 e. The molecule has 0 amide bonds. The summed E-state index contributed by atoms with van der Waals surface area (Å²) in [5, 5.41) is 8.71. The van der Waals surface area contributed by atoms with Gasteiger partial charge in [0, 0.05) is 13.1 Å². The Morgan fingerprint density at radius 3 is 2.67 bits per heavy atom. The van der Waals surface area contributed by atoms with E-state index in [-0.39, 0.29) is 5.92 Å². The van der Waals surface area contributed by atoms with Crippen LogP contribution in [0.25, 0.3) is 0 Å². The molecule has 0 radical (unpaired) electrons. The Morgan fingerprint density at radius 1 is 1.38 bits per heavy atom. The van der Waals surface area contributed by atoms with Gasteiger partial charge in [0.2, 0.25) is 0 Å². The van der Waals surface area contributed by atoms with Crippen molar-refractivity contribution in [1.82, 2.24) is 4.90 Å². The monoisotopic (exact) mass is 308 g/mol. The Labute approximate surface area is 126 Å². The number of nitrogens with zero attached hydrogens (tertiary/aromatic N) is 2. The molecule has 0 aromatic heterocycles. The normalized spacial score (nSPS) is 20.3. The van der Waals surface area contributed by atoms with Crippen LogP contribution >= 0.6 is 0 Å². The summed E-state index contributed by atoms with van der Waals surface area (Å²) < 4.78 is 28.4. The van der Waals surface area contributed by atoms with E-state index in [0.717, 1.165) is 25.3 Å². The summed E-state index contributed by atoms with van der Waals surface area (Å²) in [6, 6.07) is 9.07. The van der Waals surface area contributed by atoms with Gasteiger partial charge in [-0.15, -0.1) is 0 Å². The predicted octanol–water partition coefficient (Wildman–Crippen LogP) is 1.30. The third-order valence-corrected chi connectivity index (χ3v) is 5.46. The van der Waals surface area contributed by atoms with Crippen LogP contribution in [0.1, 0.15) is 12.0 Å². The van der Waals surface area contributed by atoms with Gasteiger partial charge in [-0.1, -0.05) is 0 Å². The minimum Gasteiger partial charge on any atom is -0.492 e. The van der Waals surface area contributed by atoms with Crippen LogP contribution in [0.15, 0.2) is 24.3 Å². The molecular weight excluding hydrogens is 288 g/mol. The van der Waals surface area contributed by atoms with Gasteiger partial charge in [-0.2, -0.15) is 5.26 Å². The molecule has 1 aliphatic rings. The van der Waals surface area contributed by atoms with Gasteiger partial charge in [0.15, 0.2) is 9.84 Å². The minimum atomic E-state index is -2.80. The molecule has 1 fully saturated rings. The van der Waals surface area contributed by atoms with Crippen LogP contribution in [0.4, 0.5) is 0 Å². The van der Waals surface area contributed by atoms with Crippen LogP contribution in [0.2, 0.25) is 0 Å². The second-order valence-electron chi connectivity index (χ2n) is 5.52. The first-order chi connectivity index (χ1) is 9.98. The predicted molar refractivity (Wildman–Crippen MR) is 80.9 cm³/mol. The second kappa shape index (κ2) is 6.92. The van der Waals surface area contributed by atoms with Gasteiger partial charge in [-0.3, -0.25) is 0 Å². The van der Waals surface area contributed by atoms with E-state index in [1.807, 2.05) is 7.05 Å². The molecular formula is C15H20N2O3S. The van der Waals surface area contributed by atoms with Crippen molar-refractivity contribution in [2.45, 2.75) is 6.42 Å². The van der Waals surface area contributed by atoms with Crippen LogP contribution in [0.3, 0.4) is 0 Å². The van der Waals surface area contributed by atoms with Crippen molar-refractivity contribution < 1.29 is 13.2 Å². The van der Waals surface area contributed by atoms with E-state index in [1.165, 1.54) is 0 Å². The molecule has 5 nitrogen and oxygen atoms in total. The fraction of sp³-hybridized carbons (Fsp3) is 0.533. The number of likely N-dealkylation sites (N-methyl/N-ethyl adjacent to an activating group) is 1. The molecule has 0 N–H and O–H groups in total. The third kappa shape index (κ3) is 5.03. The maximum absolute atomic E-state index is 11.4. The molecule has 1 aromatic carbocycles. The van der Waals surface area contributed by atoms with Crippen molar-refractivity contribution in [2.75, 3.05) is 38.2 Å². The molecule has 0 unspecified atom stereocenters. The smallest absolute Gasteiger partial charge is 0.150 e. The average Bonchev–Trinajstić information content (AvgIpc) is 2.78. The molecule has 1 aromatic rings. The number of benzene rings is 1. The summed E-state index contributed by atoms with van der Waals surface area (Å²) >= 11 is 0. The van der Waals surface area contributed by atoms with Crippen molar-refractivity contribution >= 4 is 9.84 Å².